The van der Waals surface area contributed by atoms with Crippen molar-refractivity contribution in [2.24, 2.45) is 11.8 Å². The van der Waals surface area contributed by atoms with Crippen molar-refractivity contribution in [1.82, 2.24) is 29.7 Å². The molecule has 206 valence electrons. The van der Waals surface area contributed by atoms with Crippen LogP contribution in [0, 0.1) is 17.7 Å². The Bertz CT molecular complexity index is 1590. The maximum atomic E-state index is 14.7. The molecule has 3 atom stereocenters. The molecule has 0 spiro atoms. The summed E-state index contributed by atoms with van der Waals surface area (Å²) in [4.78, 5) is 32.2. The Balaban J connectivity index is 1.19. The standard InChI is InChI=1S/C26H23ClF3N9O/c1-12(15-5-33-26(34-6-15)38-9-13-4-14(13)10-38)39-11-16(7-35-39)36-25(40)22-24(31)32-8-19(37-22)20-17(23(29)30)2-3-18(27)21(20)28/h2-3,5-8,11-14,23H,4,9-10H2,1H3,(H2,31,32)(H,36,40). The van der Waals surface area contributed by atoms with Gasteiger partial charge in [-0.25, -0.2) is 33.1 Å². The average molecular weight is 570 g/mol. The summed E-state index contributed by atoms with van der Waals surface area (Å²) in [5, 5.41) is 6.55. The van der Waals surface area contributed by atoms with Gasteiger partial charge in [-0.1, -0.05) is 17.7 Å². The fraction of sp³-hybridized carbons (Fsp3) is 0.308. The van der Waals surface area contributed by atoms with Crippen LogP contribution < -0.4 is 16.0 Å². The molecule has 4 aromatic rings. The number of carbonyl (C=O) groups excluding carboxylic acids is 1. The molecule has 3 N–H and O–H groups in total. The van der Waals surface area contributed by atoms with Crippen molar-refractivity contribution in [2.75, 3.05) is 29.0 Å². The van der Waals surface area contributed by atoms with Crippen LogP contribution in [0.25, 0.3) is 11.3 Å². The minimum Gasteiger partial charge on any atom is -0.382 e. The van der Waals surface area contributed by atoms with E-state index in [1.807, 2.05) is 6.92 Å². The molecule has 3 unspecified atom stereocenters. The van der Waals surface area contributed by atoms with E-state index in [-0.39, 0.29) is 28.3 Å². The predicted octanol–water partition coefficient (Wildman–Crippen LogP) is 4.76. The zero-order chi connectivity index (χ0) is 28.1. The molecular weight excluding hydrogens is 547 g/mol. The van der Waals surface area contributed by atoms with Gasteiger partial charge in [-0.2, -0.15) is 5.10 Å². The zero-order valence-corrected chi connectivity index (χ0v) is 21.9. The summed E-state index contributed by atoms with van der Waals surface area (Å²) in [5.41, 5.74) is 5.11. The molecule has 1 aromatic carbocycles. The number of benzene rings is 1. The Kier molecular flexibility index (Phi) is 6.53. The number of halogens is 4. The highest BCUT2D eigenvalue weighted by atomic mass is 35.5. The lowest BCUT2D eigenvalue weighted by atomic mass is 10.0. The Morgan fingerprint density at radius 3 is 2.55 bits per heavy atom. The van der Waals surface area contributed by atoms with E-state index in [1.54, 1.807) is 23.3 Å². The number of nitrogen functional groups attached to an aromatic ring is 1. The number of piperidine rings is 1. The highest BCUT2D eigenvalue weighted by Crippen LogP contribution is 2.45. The molecule has 0 bridgehead atoms. The molecule has 1 aliphatic carbocycles. The van der Waals surface area contributed by atoms with Gasteiger partial charge in [0, 0.05) is 48.4 Å². The maximum absolute atomic E-state index is 14.7. The number of alkyl halides is 2. The van der Waals surface area contributed by atoms with Gasteiger partial charge in [-0.05, 0) is 31.2 Å². The van der Waals surface area contributed by atoms with Crippen molar-refractivity contribution in [3.05, 3.63) is 70.8 Å². The summed E-state index contributed by atoms with van der Waals surface area (Å²) < 4.78 is 43.5. The molecule has 2 aliphatic rings. The second-order valence-electron chi connectivity index (χ2n) is 9.93. The van der Waals surface area contributed by atoms with Crippen LogP contribution in [0.4, 0.5) is 30.6 Å². The van der Waals surface area contributed by atoms with Gasteiger partial charge in [0.05, 0.1) is 34.8 Å². The van der Waals surface area contributed by atoms with E-state index < -0.39 is 29.3 Å². The molecule has 10 nitrogen and oxygen atoms in total. The van der Waals surface area contributed by atoms with Gasteiger partial charge in [-0.3, -0.25) is 9.48 Å². The number of amides is 1. The number of nitrogens with one attached hydrogen (secondary N) is 1. The molecule has 14 heteroatoms. The number of nitrogens with two attached hydrogens (primary N) is 1. The smallest absolute Gasteiger partial charge is 0.278 e. The second kappa shape index (κ2) is 10.0. The normalized spacial score (nSPS) is 18.6. The number of anilines is 3. The highest BCUT2D eigenvalue weighted by Gasteiger charge is 2.45. The fourth-order valence-corrected chi connectivity index (χ4v) is 5.08. The van der Waals surface area contributed by atoms with E-state index in [0.29, 0.717) is 5.69 Å². The summed E-state index contributed by atoms with van der Waals surface area (Å²) in [6.07, 6.45) is 5.85. The minimum absolute atomic E-state index is 0.238. The Labute approximate surface area is 231 Å². The second-order valence-corrected chi connectivity index (χ2v) is 10.3. The van der Waals surface area contributed by atoms with Gasteiger partial charge in [0.2, 0.25) is 5.95 Å². The third-order valence-corrected chi connectivity index (χ3v) is 7.58. The van der Waals surface area contributed by atoms with Gasteiger partial charge in [-0.15, -0.1) is 0 Å². The van der Waals surface area contributed by atoms with E-state index in [0.717, 1.165) is 54.8 Å². The van der Waals surface area contributed by atoms with Crippen molar-refractivity contribution < 1.29 is 18.0 Å². The summed E-state index contributed by atoms with van der Waals surface area (Å²) >= 11 is 5.81. The molecule has 40 heavy (non-hydrogen) atoms. The van der Waals surface area contributed by atoms with Crippen LogP contribution in [-0.4, -0.2) is 48.7 Å². The summed E-state index contributed by atoms with van der Waals surface area (Å²) in [7, 11) is 0. The quantitative estimate of drug-likeness (QED) is 0.326. The van der Waals surface area contributed by atoms with Gasteiger partial charge in [0.1, 0.15) is 0 Å². The predicted molar refractivity (Wildman–Crippen MR) is 142 cm³/mol. The lowest BCUT2D eigenvalue weighted by Gasteiger charge is -2.18. The number of aromatic nitrogens is 6. The SMILES string of the molecule is CC(c1cnc(N2CC3CC3C2)nc1)n1cc(NC(=O)c2nc(-c3c(C(F)F)ccc(Cl)c3F)cnc2N)cn1. The summed E-state index contributed by atoms with van der Waals surface area (Å²) in [5.74, 6) is 0.116. The number of fused-ring (bicyclic) bond motifs is 1. The van der Waals surface area contributed by atoms with Crippen LogP contribution in [0.15, 0.2) is 43.1 Å². The van der Waals surface area contributed by atoms with Crippen LogP contribution in [0.3, 0.4) is 0 Å². The van der Waals surface area contributed by atoms with E-state index in [2.05, 4.69) is 35.3 Å². The number of nitrogens with zero attached hydrogens (tertiary/aromatic N) is 7. The Hall–Kier alpha value is -4.26. The maximum Gasteiger partial charge on any atom is 0.278 e. The third-order valence-electron chi connectivity index (χ3n) is 7.29. The fourth-order valence-electron chi connectivity index (χ4n) is 4.92. The average Bonchev–Trinajstić information content (AvgIpc) is 3.30. The van der Waals surface area contributed by atoms with Crippen LogP contribution in [0.5, 0.6) is 0 Å². The minimum atomic E-state index is -3.02. The van der Waals surface area contributed by atoms with Gasteiger partial charge in [0.25, 0.3) is 12.3 Å². The van der Waals surface area contributed by atoms with Crippen molar-refractivity contribution >= 4 is 35.0 Å². The van der Waals surface area contributed by atoms with Crippen molar-refractivity contribution in [2.45, 2.75) is 25.8 Å². The van der Waals surface area contributed by atoms with E-state index in [1.165, 1.54) is 12.6 Å². The molecule has 1 saturated carbocycles. The number of hydrogen-bond acceptors (Lipinski definition) is 8. The molecule has 3 aromatic heterocycles. The molecule has 1 aliphatic heterocycles. The largest absolute Gasteiger partial charge is 0.382 e. The van der Waals surface area contributed by atoms with Crippen LogP contribution in [0.2, 0.25) is 5.02 Å². The summed E-state index contributed by atoms with van der Waals surface area (Å²) in [6.45, 7) is 3.91. The van der Waals surface area contributed by atoms with E-state index in [4.69, 9.17) is 17.3 Å². The first-order valence-electron chi connectivity index (χ1n) is 12.5. The first-order valence-corrected chi connectivity index (χ1v) is 12.9. The molecular formula is C26H23ClF3N9O. The monoisotopic (exact) mass is 569 g/mol. The molecule has 4 heterocycles. The van der Waals surface area contributed by atoms with Crippen LogP contribution >= 0.6 is 11.6 Å². The first-order chi connectivity index (χ1) is 19.2. The van der Waals surface area contributed by atoms with Gasteiger partial charge < -0.3 is 16.0 Å². The third kappa shape index (κ3) is 4.81. The zero-order valence-electron chi connectivity index (χ0n) is 21.1. The highest BCUT2D eigenvalue weighted by molar-refractivity contribution is 6.31. The van der Waals surface area contributed by atoms with Gasteiger partial charge in [0.15, 0.2) is 17.3 Å². The van der Waals surface area contributed by atoms with Crippen LogP contribution in [0.1, 0.15) is 47.4 Å². The molecule has 6 rings (SSSR count). The Morgan fingerprint density at radius 2 is 1.85 bits per heavy atom. The summed E-state index contributed by atoms with van der Waals surface area (Å²) in [6, 6.07) is 1.78. The number of rotatable bonds is 7. The van der Waals surface area contributed by atoms with Crippen molar-refractivity contribution in [3.8, 4) is 11.3 Å². The van der Waals surface area contributed by atoms with Crippen LogP contribution in [-0.2, 0) is 0 Å². The van der Waals surface area contributed by atoms with Crippen molar-refractivity contribution in [1.29, 1.82) is 0 Å². The molecule has 1 amide bonds. The van der Waals surface area contributed by atoms with Crippen molar-refractivity contribution in [3.63, 3.8) is 0 Å². The Morgan fingerprint density at radius 1 is 1.12 bits per heavy atom. The molecule has 1 saturated heterocycles. The van der Waals surface area contributed by atoms with E-state index in [9.17, 15) is 18.0 Å². The lowest BCUT2D eigenvalue weighted by molar-refractivity contribution is 0.102. The number of carbonyl (C=O) groups is 1. The molecule has 2 fully saturated rings. The lowest BCUT2D eigenvalue weighted by Crippen LogP contribution is -2.24. The van der Waals surface area contributed by atoms with E-state index >= 15 is 0 Å². The topological polar surface area (TPSA) is 128 Å². The van der Waals surface area contributed by atoms with Gasteiger partial charge >= 0.3 is 0 Å². The first kappa shape index (κ1) is 26.0. The number of hydrogen-bond donors (Lipinski definition) is 2. The molecule has 0 radical (unpaired) electrons.